The molecular weight excluding hydrogens is 361 g/mol. The van der Waals surface area contributed by atoms with Crippen molar-refractivity contribution < 1.29 is 13.9 Å². The van der Waals surface area contributed by atoms with E-state index < -0.39 is 0 Å². The van der Waals surface area contributed by atoms with Crippen molar-refractivity contribution in [3.8, 4) is 5.75 Å². The van der Waals surface area contributed by atoms with Crippen molar-refractivity contribution >= 4 is 17.4 Å². The molecular formula is C20H22FN5O2. The van der Waals surface area contributed by atoms with Gasteiger partial charge in [0.25, 0.3) is 5.91 Å². The fraction of sp³-hybridized carbons (Fsp3) is 0.350. The van der Waals surface area contributed by atoms with Crippen LogP contribution in [-0.4, -0.2) is 33.2 Å². The van der Waals surface area contributed by atoms with Crippen molar-refractivity contribution in [2.45, 2.75) is 38.8 Å². The summed E-state index contributed by atoms with van der Waals surface area (Å²) in [5.74, 6) is 0.600. The number of carbonyl (C=O) groups excluding carboxylic acids is 1. The average Bonchev–Trinajstić information content (AvgIpc) is 3.12. The zero-order valence-corrected chi connectivity index (χ0v) is 15.6. The van der Waals surface area contributed by atoms with Crippen molar-refractivity contribution in [1.82, 2.24) is 19.9 Å². The van der Waals surface area contributed by atoms with Gasteiger partial charge < -0.3 is 15.4 Å². The van der Waals surface area contributed by atoms with Gasteiger partial charge in [-0.15, -0.1) is 0 Å². The number of hydrogen-bond donors (Lipinski definition) is 2. The predicted molar refractivity (Wildman–Crippen MR) is 103 cm³/mol. The number of unbranched alkanes of at least 4 members (excludes halogenated alkanes) is 1. The van der Waals surface area contributed by atoms with E-state index in [4.69, 9.17) is 4.74 Å². The molecule has 1 atom stereocenters. The van der Waals surface area contributed by atoms with Crippen LogP contribution in [0.1, 0.15) is 42.1 Å². The van der Waals surface area contributed by atoms with Crippen molar-refractivity contribution in [2.24, 2.45) is 0 Å². The molecule has 8 heteroatoms. The number of amides is 1. The van der Waals surface area contributed by atoms with Gasteiger partial charge in [-0.2, -0.15) is 5.10 Å². The number of hydrogen-bond acceptors (Lipinski definition) is 5. The quantitative estimate of drug-likeness (QED) is 0.726. The molecule has 3 heterocycles. The first kappa shape index (κ1) is 18.2. The largest absolute Gasteiger partial charge is 0.488 e. The van der Waals surface area contributed by atoms with Crippen molar-refractivity contribution in [3.05, 3.63) is 53.6 Å². The van der Waals surface area contributed by atoms with Gasteiger partial charge in [0.15, 0.2) is 5.65 Å². The molecule has 146 valence electrons. The summed E-state index contributed by atoms with van der Waals surface area (Å²) < 4.78 is 21.5. The lowest BCUT2D eigenvalue weighted by atomic mass is 10.1. The summed E-state index contributed by atoms with van der Waals surface area (Å²) in [4.78, 5) is 17.2. The first-order chi connectivity index (χ1) is 13.6. The second-order valence-corrected chi connectivity index (χ2v) is 6.84. The lowest BCUT2D eigenvalue weighted by Gasteiger charge is -2.21. The SMILES string of the molecule is CCCCC1CNC(=O)c2cnn3ccc(nc23)NCc2cc(F)ccc2O1. The Kier molecular flexibility index (Phi) is 5.10. The van der Waals surface area contributed by atoms with E-state index in [0.717, 1.165) is 19.3 Å². The lowest BCUT2D eigenvalue weighted by Crippen LogP contribution is -2.35. The molecule has 4 rings (SSSR count). The van der Waals surface area contributed by atoms with E-state index in [1.54, 1.807) is 22.8 Å². The summed E-state index contributed by atoms with van der Waals surface area (Å²) in [6, 6.07) is 6.23. The van der Waals surface area contributed by atoms with Crippen LogP contribution in [0.5, 0.6) is 5.75 Å². The van der Waals surface area contributed by atoms with Gasteiger partial charge in [-0.3, -0.25) is 4.79 Å². The topological polar surface area (TPSA) is 80.6 Å². The molecule has 0 radical (unpaired) electrons. The van der Waals surface area contributed by atoms with Crippen LogP contribution < -0.4 is 15.4 Å². The number of rotatable bonds is 3. The van der Waals surface area contributed by atoms with Gasteiger partial charge in [-0.25, -0.2) is 13.9 Å². The summed E-state index contributed by atoms with van der Waals surface area (Å²) in [6.07, 6.45) is 5.80. The van der Waals surface area contributed by atoms with Gasteiger partial charge in [0.05, 0.1) is 12.7 Å². The fourth-order valence-electron chi connectivity index (χ4n) is 3.23. The highest BCUT2D eigenvalue weighted by Crippen LogP contribution is 2.24. The standard InChI is InChI=1S/C20H22FN5O2/c1-2-3-4-15-11-23-20(27)16-12-24-26-8-7-18(25-19(16)26)22-10-13-9-14(21)5-6-17(13)28-15/h5-9,12,15H,2-4,10-11H2,1H3,(H,22,25)(H,23,27). The molecule has 1 aromatic carbocycles. The van der Waals surface area contributed by atoms with Crippen LogP contribution in [0.4, 0.5) is 10.2 Å². The Morgan fingerprint density at radius 3 is 3.07 bits per heavy atom. The number of benzene rings is 1. The number of ether oxygens (including phenoxy) is 1. The van der Waals surface area contributed by atoms with Gasteiger partial charge in [-0.1, -0.05) is 13.3 Å². The van der Waals surface area contributed by atoms with Crippen molar-refractivity contribution in [3.63, 3.8) is 0 Å². The molecule has 0 saturated carbocycles. The van der Waals surface area contributed by atoms with Gasteiger partial charge >= 0.3 is 0 Å². The molecule has 0 saturated heterocycles. The molecule has 0 fully saturated rings. The van der Waals surface area contributed by atoms with Crippen molar-refractivity contribution in [2.75, 3.05) is 11.9 Å². The third-order valence-corrected chi connectivity index (χ3v) is 4.76. The van der Waals surface area contributed by atoms with E-state index in [2.05, 4.69) is 27.6 Å². The van der Waals surface area contributed by atoms with Gasteiger partial charge in [0, 0.05) is 18.3 Å². The molecule has 7 nitrogen and oxygen atoms in total. The summed E-state index contributed by atoms with van der Waals surface area (Å²) in [6.45, 7) is 2.80. The maximum Gasteiger partial charge on any atom is 0.256 e. The maximum absolute atomic E-state index is 13.8. The minimum absolute atomic E-state index is 0.212. The second-order valence-electron chi connectivity index (χ2n) is 6.84. The molecule has 2 aromatic heterocycles. The molecule has 1 aliphatic heterocycles. The van der Waals surface area contributed by atoms with E-state index in [1.165, 1.54) is 18.3 Å². The zero-order chi connectivity index (χ0) is 19.5. The molecule has 2 N–H and O–H groups in total. The van der Waals surface area contributed by atoms with Crippen molar-refractivity contribution in [1.29, 1.82) is 0 Å². The fourth-order valence-corrected chi connectivity index (χ4v) is 3.23. The summed E-state index contributed by atoms with van der Waals surface area (Å²) in [7, 11) is 0. The Hall–Kier alpha value is -3.16. The molecule has 28 heavy (non-hydrogen) atoms. The number of nitrogens with one attached hydrogen (secondary N) is 2. The molecule has 3 aromatic rings. The molecule has 1 unspecified atom stereocenters. The van der Waals surface area contributed by atoms with Crippen LogP contribution >= 0.6 is 0 Å². The van der Waals surface area contributed by atoms with Crippen LogP contribution in [0.15, 0.2) is 36.7 Å². The molecule has 2 bridgehead atoms. The summed E-state index contributed by atoms with van der Waals surface area (Å²) in [5.41, 5.74) is 1.57. The minimum Gasteiger partial charge on any atom is -0.488 e. The van der Waals surface area contributed by atoms with Gasteiger partial charge in [0.1, 0.15) is 29.1 Å². The van der Waals surface area contributed by atoms with Crippen LogP contribution in [0, 0.1) is 5.82 Å². The van der Waals surface area contributed by atoms with Crippen LogP contribution in [-0.2, 0) is 6.54 Å². The van der Waals surface area contributed by atoms with Crippen LogP contribution in [0.25, 0.3) is 5.65 Å². The number of halogens is 1. The van der Waals surface area contributed by atoms with Crippen LogP contribution in [0.3, 0.4) is 0 Å². The number of fused-ring (bicyclic) bond motifs is 2. The Balaban J connectivity index is 1.72. The first-order valence-electron chi connectivity index (χ1n) is 9.45. The Morgan fingerprint density at radius 1 is 1.32 bits per heavy atom. The summed E-state index contributed by atoms with van der Waals surface area (Å²) >= 11 is 0. The Bertz CT molecular complexity index is 1000. The highest BCUT2D eigenvalue weighted by molar-refractivity contribution is 5.99. The minimum atomic E-state index is -0.326. The average molecular weight is 383 g/mol. The zero-order valence-electron chi connectivity index (χ0n) is 15.6. The lowest BCUT2D eigenvalue weighted by molar-refractivity contribution is 0.0924. The smallest absolute Gasteiger partial charge is 0.256 e. The van der Waals surface area contributed by atoms with E-state index in [-0.39, 0.29) is 17.8 Å². The number of carbonyl (C=O) groups is 1. The van der Waals surface area contributed by atoms with E-state index in [0.29, 0.717) is 41.4 Å². The summed E-state index contributed by atoms with van der Waals surface area (Å²) in [5, 5.41) is 10.3. The molecule has 0 aliphatic carbocycles. The molecule has 1 aliphatic rings. The predicted octanol–water partition coefficient (Wildman–Crippen LogP) is 3.16. The maximum atomic E-state index is 13.8. The Labute approximate surface area is 161 Å². The Morgan fingerprint density at radius 2 is 2.21 bits per heavy atom. The monoisotopic (exact) mass is 383 g/mol. The third kappa shape index (κ3) is 3.76. The van der Waals surface area contributed by atoms with E-state index >= 15 is 0 Å². The van der Waals surface area contributed by atoms with E-state index in [9.17, 15) is 9.18 Å². The first-order valence-corrected chi connectivity index (χ1v) is 9.45. The molecule has 1 amide bonds. The number of nitrogens with zero attached hydrogens (tertiary/aromatic N) is 3. The molecule has 0 spiro atoms. The third-order valence-electron chi connectivity index (χ3n) is 4.76. The van der Waals surface area contributed by atoms with Crippen LogP contribution in [0.2, 0.25) is 0 Å². The van der Waals surface area contributed by atoms with Gasteiger partial charge in [0.2, 0.25) is 0 Å². The highest BCUT2D eigenvalue weighted by Gasteiger charge is 2.19. The number of aromatic nitrogens is 3. The number of anilines is 1. The second kappa shape index (κ2) is 7.84. The van der Waals surface area contributed by atoms with Gasteiger partial charge in [-0.05, 0) is 37.1 Å². The van der Waals surface area contributed by atoms with E-state index in [1.807, 2.05) is 0 Å². The normalized spacial score (nSPS) is 16.9. The highest BCUT2D eigenvalue weighted by atomic mass is 19.1.